The molecule has 0 aliphatic heterocycles. The van der Waals surface area contributed by atoms with Gasteiger partial charge in [0.25, 0.3) is 0 Å². The van der Waals surface area contributed by atoms with E-state index in [4.69, 9.17) is 4.74 Å². The van der Waals surface area contributed by atoms with Crippen molar-refractivity contribution >= 4 is 12.4 Å². The number of ether oxygens (including phenoxy) is 1. The maximum atomic E-state index is 5.26. The first kappa shape index (κ1) is 17.5. The molecule has 1 atom stereocenters. The van der Waals surface area contributed by atoms with Crippen molar-refractivity contribution in [2.24, 2.45) is 0 Å². The van der Waals surface area contributed by atoms with E-state index in [-0.39, 0.29) is 12.4 Å². The Hall–Kier alpha value is -1.51. The van der Waals surface area contributed by atoms with Crippen molar-refractivity contribution < 1.29 is 4.74 Å². The van der Waals surface area contributed by atoms with Crippen molar-refractivity contribution in [2.75, 3.05) is 7.11 Å². The molecule has 2 aromatic rings. The highest BCUT2D eigenvalue weighted by atomic mass is 35.5. The van der Waals surface area contributed by atoms with E-state index in [0.29, 0.717) is 6.04 Å². The molecule has 2 aromatic carbocycles. The number of aryl methyl sites for hydroxylation is 1. The standard InChI is InChI=1S/C18H23NO.ClH/c1-14-7-4-5-9-17(14)13-19-15(2)11-16-8-6-10-18(12-16)20-3;/h4-10,12,15,19H,11,13H2,1-3H3;1H/t15-;/m1./s1. The molecular formula is C18H24ClNO. The van der Waals surface area contributed by atoms with Gasteiger partial charge in [0.05, 0.1) is 7.11 Å². The van der Waals surface area contributed by atoms with Gasteiger partial charge in [0.1, 0.15) is 5.75 Å². The summed E-state index contributed by atoms with van der Waals surface area (Å²) in [7, 11) is 1.71. The first-order valence-electron chi connectivity index (χ1n) is 7.10. The van der Waals surface area contributed by atoms with Gasteiger partial charge in [0.15, 0.2) is 0 Å². The van der Waals surface area contributed by atoms with Gasteiger partial charge in [-0.2, -0.15) is 0 Å². The monoisotopic (exact) mass is 305 g/mol. The average molecular weight is 306 g/mol. The number of hydrogen-bond acceptors (Lipinski definition) is 2. The van der Waals surface area contributed by atoms with E-state index >= 15 is 0 Å². The molecular weight excluding hydrogens is 282 g/mol. The Morgan fingerprint density at radius 1 is 1.10 bits per heavy atom. The third-order valence-electron chi connectivity index (χ3n) is 3.58. The number of rotatable bonds is 6. The molecule has 0 spiro atoms. The van der Waals surface area contributed by atoms with Crippen molar-refractivity contribution in [3.8, 4) is 5.75 Å². The summed E-state index contributed by atoms with van der Waals surface area (Å²) in [5.74, 6) is 0.925. The summed E-state index contributed by atoms with van der Waals surface area (Å²) in [6.45, 7) is 5.29. The average Bonchev–Trinajstić information content (AvgIpc) is 2.46. The maximum Gasteiger partial charge on any atom is 0.119 e. The zero-order chi connectivity index (χ0) is 14.4. The highest BCUT2D eigenvalue weighted by Crippen LogP contribution is 2.14. The summed E-state index contributed by atoms with van der Waals surface area (Å²) in [5.41, 5.74) is 4.01. The molecule has 0 amide bonds. The minimum absolute atomic E-state index is 0. The Kier molecular flexibility index (Phi) is 7.27. The first-order chi connectivity index (χ1) is 9.69. The summed E-state index contributed by atoms with van der Waals surface area (Å²) in [6, 6.07) is 17.2. The Labute approximate surface area is 133 Å². The third kappa shape index (κ3) is 5.41. The fourth-order valence-corrected chi connectivity index (χ4v) is 2.32. The van der Waals surface area contributed by atoms with Crippen LogP contribution in [0.25, 0.3) is 0 Å². The quantitative estimate of drug-likeness (QED) is 0.866. The van der Waals surface area contributed by atoms with Gasteiger partial charge in [0, 0.05) is 12.6 Å². The smallest absolute Gasteiger partial charge is 0.119 e. The van der Waals surface area contributed by atoms with Crippen molar-refractivity contribution in [1.82, 2.24) is 5.32 Å². The molecule has 0 aliphatic carbocycles. The second-order valence-corrected chi connectivity index (χ2v) is 5.26. The van der Waals surface area contributed by atoms with Crippen LogP contribution in [0.1, 0.15) is 23.6 Å². The van der Waals surface area contributed by atoms with Crippen LogP contribution in [-0.4, -0.2) is 13.2 Å². The molecule has 0 radical (unpaired) electrons. The van der Waals surface area contributed by atoms with E-state index in [0.717, 1.165) is 18.7 Å². The fourth-order valence-electron chi connectivity index (χ4n) is 2.32. The minimum Gasteiger partial charge on any atom is -0.497 e. The molecule has 2 rings (SSSR count). The lowest BCUT2D eigenvalue weighted by Crippen LogP contribution is -2.27. The second-order valence-electron chi connectivity index (χ2n) is 5.26. The minimum atomic E-state index is 0. The molecule has 0 unspecified atom stereocenters. The highest BCUT2D eigenvalue weighted by molar-refractivity contribution is 5.85. The van der Waals surface area contributed by atoms with Crippen LogP contribution in [0, 0.1) is 6.92 Å². The van der Waals surface area contributed by atoms with Crippen molar-refractivity contribution in [1.29, 1.82) is 0 Å². The number of halogens is 1. The van der Waals surface area contributed by atoms with E-state index in [1.165, 1.54) is 16.7 Å². The third-order valence-corrected chi connectivity index (χ3v) is 3.58. The summed E-state index contributed by atoms with van der Waals surface area (Å²) in [5, 5.41) is 3.58. The van der Waals surface area contributed by atoms with Crippen LogP contribution in [0.3, 0.4) is 0 Å². The molecule has 1 N–H and O–H groups in total. The molecule has 0 bridgehead atoms. The van der Waals surface area contributed by atoms with E-state index < -0.39 is 0 Å². The number of hydrogen-bond donors (Lipinski definition) is 1. The van der Waals surface area contributed by atoms with E-state index in [1.807, 2.05) is 12.1 Å². The SMILES string of the molecule is COc1cccc(C[C@@H](C)NCc2ccccc2C)c1.Cl. The molecule has 2 nitrogen and oxygen atoms in total. The normalized spacial score (nSPS) is 11.6. The van der Waals surface area contributed by atoms with Gasteiger partial charge >= 0.3 is 0 Å². The molecule has 21 heavy (non-hydrogen) atoms. The van der Waals surface area contributed by atoms with Crippen molar-refractivity contribution in [2.45, 2.75) is 32.9 Å². The highest BCUT2D eigenvalue weighted by Gasteiger charge is 2.05. The molecule has 0 aromatic heterocycles. The van der Waals surface area contributed by atoms with Crippen LogP contribution < -0.4 is 10.1 Å². The largest absolute Gasteiger partial charge is 0.497 e. The van der Waals surface area contributed by atoms with Gasteiger partial charge < -0.3 is 10.1 Å². The van der Waals surface area contributed by atoms with Crippen LogP contribution in [0.2, 0.25) is 0 Å². The lowest BCUT2D eigenvalue weighted by molar-refractivity contribution is 0.414. The molecule has 0 heterocycles. The number of methoxy groups -OCH3 is 1. The van der Waals surface area contributed by atoms with Gasteiger partial charge in [-0.05, 0) is 49.1 Å². The molecule has 0 fully saturated rings. The van der Waals surface area contributed by atoms with E-state index in [9.17, 15) is 0 Å². The predicted molar refractivity (Wildman–Crippen MR) is 91.4 cm³/mol. The number of nitrogens with one attached hydrogen (secondary N) is 1. The Balaban J connectivity index is 0.00000220. The predicted octanol–water partition coefficient (Wildman–Crippen LogP) is 4.15. The van der Waals surface area contributed by atoms with E-state index in [1.54, 1.807) is 7.11 Å². The molecule has 114 valence electrons. The van der Waals surface area contributed by atoms with Crippen LogP contribution >= 0.6 is 12.4 Å². The van der Waals surface area contributed by atoms with Crippen LogP contribution in [0.15, 0.2) is 48.5 Å². The lowest BCUT2D eigenvalue weighted by atomic mass is 10.1. The zero-order valence-corrected chi connectivity index (χ0v) is 13.7. The van der Waals surface area contributed by atoms with Crippen LogP contribution in [0.4, 0.5) is 0 Å². The van der Waals surface area contributed by atoms with Gasteiger partial charge in [-0.3, -0.25) is 0 Å². The summed E-state index contributed by atoms with van der Waals surface area (Å²) >= 11 is 0. The van der Waals surface area contributed by atoms with Gasteiger partial charge in [-0.25, -0.2) is 0 Å². The Morgan fingerprint density at radius 3 is 2.57 bits per heavy atom. The summed E-state index contributed by atoms with van der Waals surface area (Å²) < 4.78 is 5.26. The summed E-state index contributed by atoms with van der Waals surface area (Å²) in [4.78, 5) is 0. The first-order valence-corrected chi connectivity index (χ1v) is 7.10. The molecule has 0 aliphatic rings. The van der Waals surface area contributed by atoms with Crippen LogP contribution in [-0.2, 0) is 13.0 Å². The maximum absolute atomic E-state index is 5.26. The molecule has 0 saturated carbocycles. The van der Waals surface area contributed by atoms with Crippen molar-refractivity contribution in [3.05, 3.63) is 65.2 Å². The summed E-state index contributed by atoms with van der Waals surface area (Å²) in [6.07, 6.45) is 1.00. The second kappa shape index (κ2) is 8.71. The fraction of sp³-hybridized carbons (Fsp3) is 0.333. The lowest BCUT2D eigenvalue weighted by Gasteiger charge is -2.15. The van der Waals surface area contributed by atoms with Gasteiger partial charge in [0.2, 0.25) is 0 Å². The Bertz CT molecular complexity index is 556. The number of benzene rings is 2. The van der Waals surface area contributed by atoms with Gasteiger partial charge in [-0.15, -0.1) is 12.4 Å². The van der Waals surface area contributed by atoms with Gasteiger partial charge in [-0.1, -0.05) is 36.4 Å². The molecule has 0 saturated heterocycles. The Morgan fingerprint density at radius 2 is 1.86 bits per heavy atom. The topological polar surface area (TPSA) is 21.3 Å². The molecule has 3 heteroatoms. The van der Waals surface area contributed by atoms with Crippen molar-refractivity contribution in [3.63, 3.8) is 0 Å². The zero-order valence-electron chi connectivity index (χ0n) is 12.9. The van der Waals surface area contributed by atoms with Crippen LogP contribution in [0.5, 0.6) is 5.75 Å². The van der Waals surface area contributed by atoms with E-state index in [2.05, 4.69) is 55.6 Å².